The largest absolute Gasteiger partial charge is 0.460 e. The van der Waals surface area contributed by atoms with E-state index in [1.54, 1.807) is 6.08 Å². The first kappa shape index (κ1) is 24.4. The molecule has 0 aliphatic heterocycles. The quantitative estimate of drug-likeness (QED) is 0.385. The number of esters is 1. The first-order valence-corrected chi connectivity index (χ1v) is 12.9. The van der Waals surface area contributed by atoms with Gasteiger partial charge in [-0.05, 0) is 42.9 Å². The Bertz CT molecular complexity index is 867. The molecule has 0 amide bonds. The second-order valence-corrected chi connectivity index (χ2v) is 12.2. The molecule has 8 atom stereocenters. The molecule has 1 N–H and O–H groups in total. The van der Waals surface area contributed by atoms with Crippen molar-refractivity contribution in [2.45, 2.75) is 72.0 Å². The van der Waals surface area contributed by atoms with Crippen molar-refractivity contribution in [3.8, 4) is 0 Å². The van der Waals surface area contributed by atoms with Gasteiger partial charge >= 0.3 is 5.97 Å². The molecule has 8 heteroatoms. The van der Waals surface area contributed by atoms with Crippen molar-refractivity contribution in [3.05, 3.63) is 12.7 Å². The van der Waals surface area contributed by atoms with Crippen LogP contribution in [0, 0.1) is 34.0 Å². The Labute approximate surface area is 185 Å². The highest BCUT2D eigenvalue weighted by atomic mass is 32.2. The Morgan fingerprint density at radius 1 is 1.29 bits per heavy atom. The molecule has 0 heterocycles. The first-order chi connectivity index (χ1) is 14.2. The summed E-state index contributed by atoms with van der Waals surface area (Å²) < 4.78 is 33.1. The fraction of sp³-hybridized carbons (Fsp3) is 0.826. The zero-order chi connectivity index (χ0) is 23.4. The molecular formula is C23H36O7S. The summed E-state index contributed by atoms with van der Waals surface area (Å²) in [5.74, 6) is -0.943. The van der Waals surface area contributed by atoms with Crippen LogP contribution in [-0.4, -0.2) is 50.3 Å². The molecule has 3 aliphatic carbocycles. The third-order valence-electron chi connectivity index (χ3n) is 8.97. The van der Waals surface area contributed by atoms with E-state index in [0.29, 0.717) is 12.8 Å². The van der Waals surface area contributed by atoms with Gasteiger partial charge in [0, 0.05) is 23.2 Å². The number of Topliss-reactive ketones (excluding diaryl/α,β-unsaturated/α-hetero) is 1. The summed E-state index contributed by atoms with van der Waals surface area (Å²) in [5.41, 5.74) is -1.72. The summed E-state index contributed by atoms with van der Waals surface area (Å²) in [7, 11) is -3.79. The lowest BCUT2D eigenvalue weighted by molar-refractivity contribution is -0.207. The van der Waals surface area contributed by atoms with Crippen molar-refractivity contribution in [1.82, 2.24) is 0 Å². The van der Waals surface area contributed by atoms with Crippen LogP contribution in [0.5, 0.6) is 0 Å². The van der Waals surface area contributed by atoms with Crippen molar-refractivity contribution < 1.29 is 32.0 Å². The summed E-state index contributed by atoms with van der Waals surface area (Å²) in [4.78, 5) is 25.9. The summed E-state index contributed by atoms with van der Waals surface area (Å²) in [6, 6.07) is 0. The maximum atomic E-state index is 13.3. The van der Waals surface area contributed by atoms with Gasteiger partial charge in [0.2, 0.25) is 0 Å². The summed E-state index contributed by atoms with van der Waals surface area (Å²) in [6.45, 7) is 11.3. The van der Waals surface area contributed by atoms with Crippen molar-refractivity contribution in [2.24, 2.45) is 34.0 Å². The smallest absolute Gasteiger partial charge is 0.333 e. The Hall–Kier alpha value is -1.25. The average Bonchev–Trinajstić information content (AvgIpc) is 3.05. The molecule has 31 heavy (non-hydrogen) atoms. The number of carbonyl (C=O) groups is 2. The Balaban J connectivity index is 2.08. The molecule has 2 bridgehead atoms. The molecule has 0 aromatic heterocycles. The fourth-order valence-corrected chi connectivity index (χ4v) is 7.16. The van der Waals surface area contributed by atoms with E-state index in [1.807, 2.05) is 20.8 Å². The number of carbonyl (C=O) groups excluding carboxylic acids is 2. The molecule has 7 nitrogen and oxygen atoms in total. The van der Waals surface area contributed by atoms with Crippen LogP contribution in [0.4, 0.5) is 0 Å². The van der Waals surface area contributed by atoms with E-state index in [0.717, 1.165) is 25.5 Å². The standard InChI is InChI=1S/C23H36O7S/c1-7-21(4)12-17(30-18(25)13-29-31(6,27)28)22(5)14(2)8-10-23(15(3)20(21)26)11-9-16(24)19(22)23/h7,14-15,17,19-20,26H,1,8-13H2,2-6H3/t14?,15?,17?,19-,20?,21+,22-,23-/m1/s1. The molecule has 0 aromatic rings. The molecule has 0 aromatic carbocycles. The highest BCUT2D eigenvalue weighted by Gasteiger charge is 2.68. The fourth-order valence-electron chi connectivity index (χ4n) is 6.85. The predicted octanol–water partition coefficient (Wildman–Crippen LogP) is 2.87. The van der Waals surface area contributed by atoms with Crippen molar-refractivity contribution >= 4 is 21.9 Å². The molecular weight excluding hydrogens is 420 g/mol. The van der Waals surface area contributed by atoms with E-state index in [9.17, 15) is 23.1 Å². The van der Waals surface area contributed by atoms with Gasteiger partial charge in [-0.2, -0.15) is 8.42 Å². The summed E-state index contributed by atoms with van der Waals surface area (Å²) >= 11 is 0. The normalized spacial score (nSPS) is 45.4. The van der Waals surface area contributed by atoms with Crippen molar-refractivity contribution in [1.29, 1.82) is 0 Å². The number of ether oxygens (including phenoxy) is 1. The third kappa shape index (κ3) is 3.89. The van der Waals surface area contributed by atoms with Crippen LogP contribution < -0.4 is 0 Å². The van der Waals surface area contributed by atoms with Gasteiger partial charge < -0.3 is 9.84 Å². The van der Waals surface area contributed by atoms with E-state index >= 15 is 0 Å². The van der Waals surface area contributed by atoms with Crippen molar-refractivity contribution in [2.75, 3.05) is 12.9 Å². The number of aliphatic hydroxyl groups is 1. The second kappa shape index (κ2) is 7.96. The maximum Gasteiger partial charge on any atom is 0.333 e. The monoisotopic (exact) mass is 456 g/mol. The maximum absolute atomic E-state index is 13.3. The highest BCUT2D eigenvalue weighted by molar-refractivity contribution is 7.86. The molecule has 4 unspecified atom stereocenters. The van der Waals surface area contributed by atoms with Crippen LogP contribution in [0.2, 0.25) is 0 Å². The van der Waals surface area contributed by atoms with Crippen molar-refractivity contribution in [3.63, 3.8) is 0 Å². The van der Waals surface area contributed by atoms with E-state index in [2.05, 4.69) is 17.7 Å². The van der Waals surface area contributed by atoms with Crippen LogP contribution in [0.15, 0.2) is 12.7 Å². The molecule has 0 spiro atoms. The molecule has 3 rings (SSSR count). The highest BCUT2D eigenvalue weighted by Crippen LogP contribution is 2.67. The topological polar surface area (TPSA) is 107 Å². The number of rotatable bonds is 5. The molecule has 3 aliphatic rings. The molecule has 0 saturated heterocycles. The second-order valence-electron chi connectivity index (χ2n) is 10.5. The van der Waals surface area contributed by atoms with Gasteiger partial charge in [-0.3, -0.25) is 8.98 Å². The molecule has 3 saturated carbocycles. The van der Waals surface area contributed by atoms with Gasteiger partial charge in [-0.25, -0.2) is 4.79 Å². The lowest BCUT2D eigenvalue weighted by atomic mass is 9.44. The summed E-state index contributed by atoms with van der Waals surface area (Å²) in [6.07, 6.45) is 4.37. The average molecular weight is 457 g/mol. The van der Waals surface area contributed by atoms with E-state index in [4.69, 9.17) is 4.74 Å². The summed E-state index contributed by atoms with van der Waals surface area (Å²) in [5, 5.41) is 11.4. The minimum Gasteiger partial charge on any atom is -0.460 e. The van der Waals surface area contributed by atoms with Gasteiger partial charge in [0.1, 0.15) is 11.9 Å². The SMILES string of the molecule is C=C[C@@]1(C)CC(OC(=O)COS(C)(=O)=O)[C@@]2(C)C(C)CC[C@@]3(CCC(=O)[C@@H]32)C(C)C1O. The Kier molecular flexibility index (Phi) is 6.26. The Morgan fingerprint density at radius 3 is 2.52 bits per heavy atom. The van der Waals surface area contributed by atoms with E-state index in [1.165, 1.54) is 0 Å². The lowest BCUT2D eigenvalue weighted by Gasteiger charge is -2.61. The number of hydrogen-bond donors (Lipinski definition) is 1. The number of ketones is 1. The third-order valence-corrected chi connectivity index (χ3v) is 9.51. The lowest BCUT2D eigenvalue weighted by Crippen LogP contribution is -2.63. The number of aliphatic hydroxyl groups excluding tert-OH is 1. The predicted molar refractivity (Wildman–Crippen MR) is 115 cm³/mol. The van der Waals surface area contributed by atoms with Crippen LogP contribution in [0.25, 0.3) is 0 Å². The minimum absolute atomic E-state index is 0.107. The number of hydrogen-bond acceptors (Lipinski definition) is 7. The molecule has 0 radical (unpaired) electrons. The van der Waals surface area contributed by atoms with Crippen LogP contribution >= 0.6 is 0 Å². The van der Waals surface area contributed by atoms with E-state index < -0.39 is 45.7 Å². The minimum atomic E-state index is -3.79. The van der Waals surface area contributed by atoms with Gasteiger partial charge in [-0.1, -0.05) is 33.8 Å². The van der Waals surface area contributed by atoms with Gasteiger partial charge in [0.05, 0.1) is 12.4 Å². The molecule has 176 valence electrons. The van der Waals surface area contributed by atoms with Gasteiger partial charge in [0.25, 0.3) is 10.1 Å². The zero-order valence-corrected chi connectivity index (χ0v) is 20.0. The zero-order valence-electron chi connectivity index (χ0n) is 19.2. The van der Waals surface area contributed by atoms with E-state index in [-0.39, 0.29) is 29.0 Å². The molecule has 3 fully saturated rings. The van der Waals surface area contributed by atoms with Gasteiger partial charge in [0.15, 0.2) is 6.61 Å². The van der Waals surface area contributed by atoms with Crippen LogP contribution in [0.1, 0.15) is 59.8 Å². The van der Waals surface area contributed by atoms with Crippen LogP contribution in [0.3, 0.4) is 0 Å². The van der Waals surface area contributed by atoms with Crippen LogP contribution in [-0.2, 0) is 28.6 Å². The Morgan fingerprint density at radius 2 is 1.94 bits per heavy atom. The van der Waals surface area contributed by atoms with Gasteiger partial charge in [-0.15, -0.1) is 6.58 Å². The first-order valence-electron chi connectivity index (χ1n) is 11.1.